The van der Waals surface area contributed by atoms with Gasteiger partial charge in [-0.25, -0.2) is 9.97 Å². The second-order valence-corrected chi connectivity index (χ2v) is 5.79. The zero-order valence-electron chi connectivity index (χ0n) is 12.2. The first-order valence-corrected chi connectivity index (χ1v) is 7.48. The summed E-state index contributed by atoms with van der Waals surface area (Å²) in [5.74, 6) is -0.528. The van der Waals surface area contributed by atoms with Crippen LogP contribution in [-0.2, 0) is 9.59 Å². The zero-order chi connectivity index (χ0) is 16.1. The SMILES string of the molecule is CC(=O)[C@H](Sc1cc(C)nc(N)n1)C(=O)Nc1ccccc1. The molecular weight excluding hydrogens is 300 g/mol. The number of nitrogen functional groups attached to an aromatic ring is 1. The maximum absolute atomic E-state index is 12.3. The van der Waals surface area contributed by atoms with Crippen LogP contribution in [0.15, 0.2) is 41.4 Å². The Bertz CT molecular complexity index is 671. The second kappa shape index (κ2) is 7.04. The van der Waals surface area contributed by atoms with Crippen LogP contribution in [0.5, 0.6) is 0 Å². The van der Waals surface area contributed by atoms with Crippen molar-refractivity contribution in [3.8, 4) is 0 Å². The Hall–Kier alpha value is -2.41. The Kier molecular flexibility index (Phi) is 5.11. The number of hydrogen-bond acceptors (Lipinski definition) is 6. The molecule has 1 amide bonds. The molecule has 7 heteroatoms. The van der Waals surface area contributed by atoms with Gasteiger partial charge in [0.25, 0.3) is 0 Å². The molecule has 2 rings (SSSR count). The topological polar surface area (TPSA) is 98.0 Å². The first-order valence-electron chi connectivity index (χ1n) is 6.60. The van der Waals surface area contributed by atoms with Gasteiger partial charge in [0.2, 0.25) is 11.9 Å². The van der Waals surface area contributed by atoms with E-state index in [2.05, 4.69) is 15.3 Å². The van der Waals surface area contributed by atoms with Gasteiger partial charge in [0.1, 0.15) is 10.3 Å². The van der Waals surface area contributed by atoms with Gasteiger partial charge >= 0.3 is 0 Å². The third-order valence-electron chi connectivity index (χ3n) is 2.74. The molecular formula is C15H16N4O2S. The van der Waals surface area contributed by atoms with Gasteiger partial charge in [-0.3, -0.25) is 9.59 Å². The largest absolute Gasteiger partial charge is 0.368 e. The predicted molar refractivity (Wildman–Crippen MR) is 86.6 cm³/mol. The number of anilines is 2. The van der Waals surface area contributed by atoms with Crippen LogP contribution in [0.2, 0.25) is 0 Å². The second-order valence-electron chi connectivity index (χ2n) is 4.67. The minimum Gasteiger partial charge on any atom is -0.368 e. The molecule has 0 aliphatic heterocycles. The third kappa shape index (κ3) is 4.29. The molecule has 0 radical (unpaired) electrons. The van der Waals surface area contributed by atoms with Crippen LogP contribution in [0, 0.1) is 6.92 Å². The van der Waals surface area contributed by atoms with Crippen LogP contribution < -0.4 is 11.1 Å². The molecule has 1 heterocycles. The van der Waals surface area contributed by atoms with E-state index in [1.54, 1.807) is 37.3 Å². The number of carbonyl (C=O) groups excluding carboxylic acids is 2. The van der Waals surface area contributed by atoms with Crippen molar-refractivity contribution in [3.05, 3.63) is 42.1 Å². The van der Waals surface area contributed by atoms with Gasteiger partial charge in [0.15, 0.2) is 5.78 Å². The van der Waals surface area contributed by atoms with Crippen molar-refractivity contribution in [3.63, 3.8) is 0 Å². The lowest BCUT2D eigenvalue weighted by atomic mass is 10.2. The van der Waals surface area contributed by atoms with Crippen LogP contribution in [0.25, 0.3) is 0 Å². The number of hydrogen-bond donors (Lipinski definition) is 2. The van der Waals surface area contributed by atoms with E-state index in [0.717, 1.165) is 11.8 Å². The summed E-state index contributed by atoms with van der Waals surface area (Å²) in [5, 5.41) is 2.32. The molecule has 2 aromatic rings. The first-order chi connectivity index (χ1) is 10.5. The van der Waals surface area contributed by atoms with Crippen LogP contribution in [0.1, 0.15) is 12.6 Å². The zero-order valence-corrected chi connectivity index (χ0v) is 13.1. The number of benzene rings is 1. The third-order valence-corrected chi connectivity index (χ3v) is 3.97. The van der Waals surface area contributed by atoms with Crippen LogP contribution in [0.4, 0.5) is 11.6 Å². The van der Waals surface area contributed by atoms with Gasteiger partial charge in [0.05, 0.1) is 0 Å². The fourth-order valence-corrected chi connectivity index (χ4v) is 2.75. The van der Waals surface area contributed by atoms with E-state index in [4.69, 9.17) is 5.73 Å². The average molecular weight is 316 g/mol. The Morgan fingerprint density at radius 3 is 2.50 bits per heavy atom. The van der Waals surface area contributed by atoms with Gasteiger partial charge in [-0.05, 0) is 32.0 Å². The lowest BCUT2D eigenvalue weighted by Gasteiger charge is -2.13. The Balaban J connectivity index is 2.16. The minimum atomic E-state index is -0.895. The number of nitrogens with zero attached hydrogens (tertiary/aromatic N) is 2. The number of aryl methyl sites for hydroxylation is 1. The monoisotopic (exact) mass is 316 g/mol. The van der Waals surface area contributed by atoms with E-state index in [0.29, 0.717) is 16.4 Å². The molecule has 22 heavy (non-hydrogen) atoms. The summed E-state index contributed by atoms with van der Waals surface area (Å²) in [6.45, 7) is 3.15. The highest BCUT2D eigenvalue weighted by molar-refractivity contribution is 8.01. The molecule has 6 nitrogen and oxygen atoms in total. The Labute approximate surface area is 132 Å². The van der Waals surface area contributed by atoms with Gasteiger partial charge in [-0.15, -0.1) is 0 Å². The van der Waals surface area contributed by atoms with Gasteiger partial charge in [-0.2, -0.15) is 0 Å². The molecule has 0 saturated carbocycles. The summed E-state index contributed by atoms with van der Waals surface area (Å²) in [6.07, 6.45) is 0. The number of rotatable bonds is 5. The number of nitrogens with one attached hydrogen (secondary N) is 1. The maximum atomic E-state index is 12.3. The standard InChI is InChI=1S/C15H16N4O2S/c1-9-8-12(19-15(16)17-9)22-13(10(2)20)14(21)18-11-6-4-3-5-7-11/h3-8,13H,1-2H3,(H,18,21)(H2,16,17,19)/t13-/m0/s1. The molecule has 1 atom stereocenters. The fourth-order valence-electron chi connectivity index (χ4n) is 1.79. The minimum absolute atomic E-state index is 0.119. The molecule has 0 aliphatic rings. The van der Waals surface area contributed by atoms with E-state index in [-0.39, 0.29) is 11.7 Å². The molecule has 3 N–H and O–H groups in total. The molecule has 1 aromatic heterocycles. The Morgan fingerprint density at radius 1 is 1.23 bits per heavy atom. The lowest BCUT2D eigenvalue weighted by molar-refractivity contribution is -0.123. The summed E-state index contributed by atoms with van der Waals surface area (Å²) in [6, 6.07) is 10.7. The molecule has 114 valence electrons. The number of para-hydroxylation sites is 1. The summed E-state index contributed by atoms with van der Waals surface area (Å²) >= 11 is 1.06. The number of thioether (sulfide) groups is 1. The van der Waals surface area contributed by atoms with E-state index < -0.39 is 11.2 Å². The number of Topliss-reactive ketones (excluding diaryl/α,β-unsaturated/α-hetero) is 1. The molecule has 0 aliphatic carbocycles. The number of nitrogens with two attached hydrogens (primary N) is 1. The molecule has 0 bridgehead atoms. The van der Waals surface area contributed by atoms with Crippen molar-refractivity contribution in [2.75, 3.05) is 11.1 Å². The summed E-state index contributed by atoms with van der Waals surface area (Å²) in [7, 11) is 0. The highest BCUT2D eigenvalue weighted by Gasteiger charge is 2.25. The van der Waals surface area contributed by atoms with Gasteiger partial charge in [-0.1, -0.05) is 30.0 Å². The van der Waals surface area contributed by atoms with Crippen molar-refractivity contribution < 1.29 is 9.59 Å². The van der Waals surface area contributed by atoms with E-state index in [1.807, 2.05) is 6.07 Å². The van der Waals surface area contributed by atoms with Crippen molar-refractivity contribution in [1.82, 2.24) is 9.97 Å². The summed E-state index contributed by atoms with van der Waals surface area (Å²) < 4.78 is 0. The summed E-state index contributed by atoms with van der Waals surface area (Å²) in [4.78, 5) is 32.1. The highest BCUT2D eigenvalue weighted by atomic mass is 32.2. The van der Waals surface area contributed by atoms with Crippen LogP contribution in [0.3, 0.4) is 0 Å². The normalized spacial score (nSPS) is 11.7. The number of ketones is 1. The highest BCUT2D eigenvalue weighted by Crippen LogP contribution is 2.24. The smallest absolute Gasteiger partial charge is 0.245 e. The van der Waals surface area contributed by atoms with Gasteiger partial charge < -0.3 is 11.1 Å². The molecule has 0 fully saturated rings. The van der Waals surface area contributed by atoms with Crippen LogP contribution >= 0.6 is 11.8 Å². The van der Waals surface area contributed by atoms with Crippen molar-refractivity contribution >= 4 is 35.1 Å². The first kappa shape index (κ1) is 16.0. The quantitative estimate of drug-likeness (QED) is 0.498. The van der Waals surface area contributed by atoms with E-state index in [9.17, 15) is 9.59 Å². The summed E-state index contributed by atoms with van der Waals surface area (Å²) in [5.41, 5.74) is 6.91. The van der Waals surface area contributed by atoms with Crippen molar-refractivity contribution in [2.45, 2.75) is 24.1 Å². The molecule has 1 aromatic carbocycles. The predicted octanol–water partition coefficient (Wildman–Crippen LogP) is 2.06. The molecule has 0 spiro atoms. The van der Waals surface area contributed by atoms with E-state index in [1.165, 1.54) is 6.92 Å². The maximum Gasteiger partial charge on any atom is 0.245 e. The fraction of sp³-hybridized carbons (Fsp3) is 0.200. The molecule has 0 saturated heterocycles. The average Bonchev–Trinajstić information content (AvgIpc) is 2.44. The number of amides is 1. The molecule has 0 unspecified atom stereocenters. The van der Waals surface area contributed by atoms with Gasteiger partial charge in [0, 0.05) is 11.4 Å². The van der Waals surface area contributed by atoms with Crippen LogP contribution in [-0.4, -0.2) is 26.9 Å². The number of carbonyl (C=O) groups is 2. The van der Waals surface area contributed by atoms with Crippen molar-refractivity contribution in [1.29, 1.82) is 0 Å². The Morgan fingerprint density at radius 2 is 1.91 bits per heavy atom. The van der Waals surface area contributed by atoms with Crippen molar-refractivity contribution in [2.24, 2.45) is 0 Å². The lowest BCUT2D eigenvalue weighted by Crippen LogP contribution is -2.31. The number of aromatic nitrogens is 2. The van der Waals surface area contributed by atoms with E-state index >= 15 is 0 Å².